The van der Waals surface area contributed by atoms with E-state index in [1.165, 1.54) is 5.56 Å². The topological polar surface area (TPSA) is 51.0 Å². The molecule has 0 aliphatic carbocycles. The first kappa shape index (κ1) is 15.7. The summed E-state index contributed by atoms with van der Waals surface area (Å²) in [6.45, 7) is 9.58. The minimum atomic E-state index is 0.252. The summed E-state index contributed by atoms with van der Waals surface area (Å²) in [5.74, 6) is 1.66. The first-order chi connectivity index (χ1) is 10.2. The zero-order chi connectivity index (χ0) is 15.2. The van der Waals surface area contributed by atoms with Gasteiger partial charge in [0.15, 0.2) is 0 Å². The number of nitrogens with zero attached hydrogens (tertiary/aromatic N) is 2. The molecule has 4 heteroatoms. The maximum absolute atomic E-state index is 5.51. The van der Waals surface area contributed by atoms with E-state index in [9.17, 15) is 0 Å². The second-order valence-corrected chi connectivity index (χ2v) is 5.58. The molecule has 2 unspecified atom stereocenters. The normalized spacial score (nSPS) is 14.1. The maximum atomic E-state index is 5.51. The van der Waals surface area contributed by atoms with Crippen LogP contribution in [0.2, 0.25) is 0 Å². The Hall–Kier alpha value is -1.68. The van der Waals surface area contributed by atoms with Crippen LogP contribution in [-0.4, -0.2) is 22.7 Å². The molecule has 2 atom stereocenters. The zero-order valence-electron chi connectivity index (χ0n) is 13.4. The Balaban J connectivity index is 2.17. The van der Waals surface area contributed by atoms with Crippen LogP contribution in [0.1, 0.15) is 51.0 Å². The van der Waals surface area contributed by atoms with Gasteiger partial charge in [0.05, 0.1) is 5.92 Å². The third kappa shape index (κ3) is 3.91. The lowest BCUT2D eigenvalue weighted by molar-refractivity contribution is 0.316. The molecule has 1 N–H and O–H groups in total. The molecular formula is C17H25N3O. The second kappa shape index (κ2) is 7.36. The maximum Gasteiger partial charge on any atom is 0.231 e. The van der Waals surface area contributed by atoms with Crippen LogP contribution in [-0.2, 0) is 0 Å². The van der Waals surface area contributed by atoms with E-state index in [1.807, 2.05) is 12.1 Å². The van der Waals surface area contributed by atoms with Crippen molar-refractivity contribution in [3.63, 3.8) is 0 Å². The van der Waals surface area contributed by atoms with Crippen molar-refractivity contribution in [2.45, 2.75) is 52.5 Å². The van der Waals surface area contributed by atoms with Gasteiger partial charge in [0.1, 0.15) is 0 Å². The van der Waals surface area contributed by atoms with Crippen molar-refractivity contribution < 1.29 is 4.52 Å². The predicted molar refractivity (Wildman–Crippen MR) is 85.3 cm³/mol. The number of hydrogen-bond donors (Lipinski definition) is 1. The highest BCUT2D eigenvalue weighted by molar-refractivity contribution is 5.55. The molecule has 0 saturated heterocycles. The number of aryl methyl sites for hydroxylation is 1. The van der Waals surface area contributed by atoms with Gasteiger partial charge in [0, 0.05) is 11.6 Å². The van der Waals surface area contributed by atoms with Crippen LogP contribution in [0, 0.1) is 6.92 Å². The van der Waals surface area contributed by atoms with Crippen LogP contribution < -0.4 is 5.32 Å². The van der Waals surface area contributed by atoms with Gasteiger partial charge in [0.25, 0.3) is 0 Å². The van der Waals surface area contributed by atoms with E-state index in [0.29, 0.717) is 11.9 Å². The Labute approximate surface area is 127 Å². The van der Waals surface area contributed by atoms with E-state index in [-0.39, 0.29) is 5.92 Å². The van der Waals surface area contributed by atoms with Gasteiger partial charge in [-0.05, 0) is 39.3 Å². The van der Waals surface area contributed by atoms with Gasteiger partial charge in [-0.1, -0.05) is 42.8 Å². The Kier molecular flexibility index (Phi) is 5.51. The Bertz CT molecular complexity index is 565. The van der Waals surface area contributed by atoms with E-state index in [4.69, 9.17) is 4.52 Å². The van der Waals surface area contributed by atoms with Crippen molar-refractivity contribution in [3.8, 4) is 11.4 Å². The van der Waals surface area contributed by atoms with Crippen LogP contribution in [0.5, 0.6) is 0 Å². The molecule has 4 nitrogen and oxygen atoms in total. The summed E-state index contributed by atoms with van der Waals surface area (Å²) < 4.78 is 5.51. The molecule has 1 aromatic carbocycles. The van der Waals surface area contributed by atoms with Crippen LogP contribution in [0.4, 0.5) is 0 Å². The molecule has 0 aliphatic rings. The lowest BCUT2D eigenvalue weighted by Crippen LogP contribution is -2.32. The molecule has 0 radical (unpaired) electrons. The Morgan fingerprint density at radius 3 is 2.76 bits per heavy atom. The average molecular weight is 287 g/mol. The minimum Gasteiger partial charge on any atom is -0.339 e. The molecule has 21 heavy (non-hydrogen) atoms. The third-order valence-electron chi connectivity index (χ3n) is 3.79. The molecule has 2 rings (SSSR count). The number of aromatic nitrogens is 2. The summed E-state index contributed by atoms with van der Waals surface area (Å²) in [4.78, 5) is 4.60. The summed E-state index contributed by atoms with van der Waals surface area (Å²) in [6, 6.07) is 8.51. The summed E-state index contributed by atoms with van der Waals surface area (Å²) in [5.41, 5.74) is 2.21. The molecule has 1 aromatic heterocycles. The van der Waals surface area contributed by atoms with Gasteiger partial charge in [-0.15, -0.1) is 0 Å². The van der Waals surface area contributed by atoms with Gasteiger partial charge in [-0.3, -0.25) is 0 Å². The van der Waals surface area contributed by atoms with Crippen molar-refractivity contribution in [1.82, 2.24) is 15.5 Å². The zero-order valence-corrected chi connectivity index (χ0v) is 13.4. The third-order valence-corrected chi connectivity index (χ3v) is 3.79. The fourth-order valence-corrected chi connectivity index (χ4v) is 2.54. The molecule has 1 heterocycles. The van der Waals surface area contributed by atoms with Crippen LogP contribution in [0.15, 0.2) is 28.8 Å². The molecule has 0 saturated carbocycles. The number of benzene rings is 1. The predicted octanol–water partition coefficient (Wildman–Crippen LogP) is 3.93. The summed E-state index contributed by atoms with van der Waals surface area (Å²) in [7, 11) is 0. The fourth-order valence-electron chi connectivity index (χ4n) is 2.54. The van der Waals surface area contributed by atoms with Gasteiger partial charge >= 0.3 is 0 Å². The lowest BCUT2D eigenvalue weighted by atomic mass is 9.98. The largest absolute Gasteiger partial charge is 0.339 e. The molecular weight excluding hydrogens is 262 g/mol. The van der Waals surface area contributed by atoms with Gasteiger partial charge in [-0.2, -0.15) is 4.98 Å². The fraction of sp³-hybridized carbons (Fsp3) is 0.529. The first-order valence-corrected chi connectivity index (χ1v) is 7.79. The first-order valence-electron chi connectivity index (χ1n) is 7.79. The average Bonchev–Trinajstić information content (AvgIpc) is 2.95. The van der Waals surface area contributed by atoms with Crippen LogP contribution >= 0.6 is 0 Å². The Morgan fingerprint density at radius 2 is 2.10 bits per heavy atom. The summed E-state index contributed by atoms with van der Waals surface area (Å²) in [6.07, 6.45) is 2.10. The van der Waals surface area contributed by atoms with Gasteiger partial charge in [0.2, 0.25) is 11.7 Å². The van der Waals surface area contributed by atoms with Crippen molar-refractivity contribution in [2.24, 2.45) is 0 Å². The van der Waals surface area contributed by atoms with Crippen molar-refractivity contribution in [2.75, 3.05) is 6.54 Å². The van der Waals surface area contributed by atoms with E-state index >= 15 is 0 Å². The van der Waals surface area contributed by atoms with E-state index in [1.54, 1.807) is 0 Å². The highest BCUT2D eigenvalue weighted by atomic mass is 16.5. The van der Waals surface area contributed by atoms with Crippen LogP contribution in [0.3, 0.4) is 0 Å². The monoisotopic (exact) mass is 287 g/mol. The number of hydrogen-bond acceptors (Lipinski definition) is 4. The summed E-state index contributed by atoms with van der Waals surface area (Å²) in [5, 5.41) is 7.66. The van der Waals surface area contributed by atoms with E-state index < -0.39 is 0 Å². The highest BCUT2D eigenvalue weighted by Gasteiger charge is 2.23. The standard InChI is InChI=1S/C17H25N3O/c1-5-10-18-13(4)15(6-2)17-19-16(20-21-17)14-9-7-8-12(3)11-14/h7-9,11,13,15,18H,5-6,10H2,1-4H3. The Morgan fingerprint density at radius 1 is 1.29 bits per heavy atom. The summed E-state index contributed by atoms with van der Waals surface area (Å²) >= 11 is 0. The van der Waals surface area contributed by atoms with Crippen LogP contribution in [0.25, 0.3) is 11.4 Å². The molecule has 0 spiro atoms. The van der Waals surface area contributed by atoms with E-state index in [0.717, 1.165) is 30.8 Å². The van der Waals surface area contributed by atoms with Crippen molar-refractivity contribution >= 4 is 0 Å². The quantitative estimate of drug-likeness (QED) is 0.838. The smallest absolute Gasteiger partial charge is 0.231 e. The molecule has 0 bridgehead atoms. The van der Waals surface area contributed by atoms with Crippen molar-refractivity contribution in [1.29, 1.82) is 0 Å². The highest BCUT2D eigenvalue weighted by Crippen LogP contribution is 2.25. The molecule has 0 amide bonds. The molecule has 2 aromatic rings. The number of rotatable bonds is 7. The van der Waals surface area contributed by atoms with Gasteiger partial charge in [-0.25, -0.2) is 0 Å². The van der Waals surface area contributed by atoms with Crippen molar-refractivity contribution in [3.05, 3.63) is 35.7 Å². The lowest BCUT2D eigenvalue weighted by Gasteiger charge is -2.20. The second-order valence-electron chi connectivity index (χ2n) is 5.58. The minimum absolute atomic E-state index is 0.252. The SMILES string of the molecule is CCCNC(C)C(CC)c1nc(-c2cccc(C)c2)no1. The molecule has 0 aliphatic heterocycles. The molecule has 114 valence electrons. The molecule has 0 fully saturated rings. The number of nitrogens with one attached hydrogen (secondary N) is 1. The van der Waals surface area contributed by atoms with E-state index in [2.05, 4.69) is 55.3 Å². The van der Waals surface area contributed by atoms with Gasteiger partial charge < -0.3 is 9.84 Å².